The highest BCUT2D eigenvalue weighted by molar-refractivity contribution is 8.01. The number of nitrogens with zero attached hydrogens (tertiary/aromatic N) is 2. The average Bonchev–Trinajstić information content (AvgIpc) is 2.82. The van der Waals surface area contributed by atoms with Crippen molar-refractivity contribution in [1.29, 1.82) is 0 Å². The third-order valence-corrected chi connectivity index (χ3v) is 5.84. The Bertz CT molecular complexity index is 479. The molecular weight excluding hydrogens is 306 g/mol. The number of hydrogen-bond acceptors (Lipinski definition) is 7. The molecule has 0 unspecified atom stereocenters. The first kappa shape index (κ1) is 16.5. The van der Waals surface area contributed by atoms with E-state index in [9.17, 15) is 4.79 Å². The summed E-state index contributed by atoms with van der Waals surface area (Å²) in [6.07, 6.45) is 3.42. The van der Waals surface area contributed by atoms with Crippen molar-refractivity contribution >= 4 is 34.2 Å². The fraction of sp³-hybridized carbons (Fsp3) is 0.786. The number of thioether (sulfide) groups is 1. The molecule has 1 saturated carbocycles. The maximum atomic E-state index is 12.0. The van der Waals surface area contributed by atoms with E-state index in [-0.39, 0.29) is 17.8 Å². The lowest BCUT2D eigenvalue weighted by molar-refractivity contribution is -0.152. The largest absolute Gasteiger partial charge is 0.461 e. The second kappa shape index (κ2) is 7.45. The zero-order chi connectivity index (χ0) is 15.4. The Hall–Kier alpha value is -0.820. The number of ether oxygens (including phenoxy) is 1. The SMILES string of the molecule is CC(C)[C@H]1CC[C@H](C)C[C@H]1OC(=O)CSc1nnc(N)s1. The maximum absolute atomic E-state index is 12.0. The van der Waals surface area contributed by atoms with E-state index in [1.807, 2.05) is 0 Å². The fourth-order valence-corrected chi connectivity index (χ4v) is 4.27. The zero-order valence-electron chi connectivity index (χ0n) is 12.7. The van der Waals surface area contributed by atoms with Crippen molar-refractivity contribution in [3.05, 3.63) is 0 Å². The number of nitrogens with two attached hydrogens (primary N) is 1. The second-order valence-electron chi connectivity index (χ2n) is 6.05. The molecule has 1 aromatic heterocycles. The van der Waals surface area contributed by atoms with E-state index in [0.29, 0.717) is 27.2 Å². The molecule has 1 heterocycles. The zero-order valence-corrected chi connectivity index (χ0v) is 14.4. The standard InChI is InChI=1S/C14H23N3O2S2/c1-8(2)10-5-4-9(3)6-11(10)19-12(18)7-20-14-17-16-13(15)21-14/h8-11H,4-7H2,1-3H3,(H2,15,16)/t9-,10+,11+/m0/s1. The highest BCUT2D eigenvalue weighted by Crippen LogP contribution is 2.35. The van der Waals surface area contributed by atoms with Crippen LogP contribution in [0.5, 0.6) is 0 Å². The molecule has 1 aromatic rings. The van der Waals surface area contributed by atoms with E-state index in [1.165, 1.54) is 29.5 Å². The molecule has 0 saturated heterocycles. The van der Waals surface area contributed by atoms with Crippen molar-refractivity contribution in [3.63, 3.8) is 0 Å². The lowest BCUT2D eigenvalue weighted by Gasteiger charge is -2.36. The molecule has 0 aliphatic heterocycles. The van der Waals surface area contributed by atoms with Crippen molar-refractivity contribution in [2.24, 2.45) is 17.8 Å². The predicted octanol–water partition coefficient (Wildman–Crippen LogP) is 3.22. The van der Waals surface area contributed by atoms with Crippen LogP contribution in [-0.4, -0.2) is 28.0 Å². The molecule has 21 heavy (non-hydrogen) atoms. The minimum absolute atomic E-state index is 0.0568. The van der Waals surface area contributed by atoms with Gasteiger partial charge in [0, 0.05) is 0 Å². The Labute approximate surface area is 134 Å². The van der Waals surface area contributed by atoms with E-state index in [0.717, 1.165) is 12.8 Å². The van der Waals surface area contributed by atoms with Gasteiger partial charge >= 0.3 is 5.97 Å². The molecular formula is C14H23N3O2S2. The highest BCUT2D eigenvalue weighted by Gasteiger charge is 2.33. The van der Waals surface area contributed by atoms with Gasteiger partial charge in [-0.15, -0.1) is 10.2 Å². The van der Waals surface area contributed by atoms with Gasteiger partial charge in [-0.2, -0.15) is 0 Å². The van der Waals surface area contributed by atoms with Gasteiger partial charge in [0.25, 0.3) is 0 Å². The first-order chi connectivity index (χ1) is 9.95. The normalized spacial score (nSPS) is 26.0. The van der Waals surface area contributed by atoms with Crippen molar-refractivity contribution in [3.8, 4) is 0 Å². The van der Waals surface area contributed by atoms with Gasteiger partial charge in [-0.05, 0) is 30.6 Å². The Balaban J connectivity index is 1.84. The van der Waals surface area contributed by atoms with Gasteiger partial charge in [-0.3, -0.25) is 4.79 Å². The number of anilines is 1. The number of rotatable bonds is 5. The predicted molar refractivity (Wildman–Crippen MR) is 86.3 cm³/mol. The van der Waals surface area contributed by atoms with E-state index in [4.69, 9.17) is 10.5 Å². The third kappa shape index (κ3) is 4.85. The molecule has 7 heteroatoms. The summed E-state index contributed by atoms with van der Waals surface area (Å²) in [6.45, 7) is 6.65. The monoisotopic (exact) mass is 329 g/mol. The van der Waals surface area contributed by atoms with Crippen LogP contribution in [0.1, 0.15) is 40.0 Å². The number of aromatic nitrogens is 2. The summed E-state index contributed by atoms with van der Waals surface area (Å²) in [4.78, 5) is 12.0. The summed E-state index contributed by atoms with van der Waals surface area (Å²) in [7, 11) is 0. The first-order valence-electron chi connectivity index (χ1n) is 7.37. The number of esters is 1. The van der Waals surface area contributed by atoms with E-state index in [1.54, 1.807) is 0 Å². The van der Waals surface area contributed by atoms with Crippen LogP contribution in [0.2, 0.25) is 0 Å². The van der Waals surface area contributed by atoms with Crippen molar-refractivity contribution in [2.45, 2.75) is 50.5 Å². The summed E-state index contributed by atoms with van der Waals surface area (Å²) in [6, 6.07) is 0. The minimum atomic E-state index is -0.168. The molecule has 3 atom stereocenters. The van der Waals surface area contributed by atoms with E-state index < -0.39 is 0 Å². The maximum Gasteiger partial charge on any atom is 0.316 e. The van der Waals surface area contributed by atoms with Gasteiger partial charge in [0.05, 0.1) is 5.75 Å². The highest BCUT2D eigenvalue weighted by atomic mass is 32.2. The molecule has 0 radical (unpaired) electrons. The Morgan fingerprint density at radius 1 is 1.48 bits per heavy atom. The van der Waals surface area contributed by atoms with Crippen LogP contribution in [0.3, 0.4) is 0 Å². The molecule has 5 nitrogen and oxygen atoms in total. The fourth-order valence-electron chi connectivity index (χ4n) is 2.85. The van der Waals surface area contributed by atoms with Crippen LogP contribution < -0.4 is 5.73 Å². The Morgan fingerprint density at radius 3 is 2.86 bits per heavy atom. The second-order valence-corrected chi connectivity index (χ2v) is 8.28. The average molecular weight is 329 g/mol. The first-order valence-corrected chi connectivity index (χ1v) is 9.17. The summed E-state index contributed by atoms with van der Waals surface area (Å²) in [5.74, 6) is 1.76. The van der Waals surface area contributed by atoms with Gasteiger partial charge in [-0.1, -0.05) is 50.3 Å². The number of carbonyl (C=O) groups excluding carboxylic acids is 1. The third-order valence-electron chi connectivity index (χ3n) is 3.98. The van der Waals surface area contributed by atoms with Crippen molar-refractivity contribution in [2.75, 3.05) is 11.5 Å². The Morgan fingerprint density at radius 2 is 2.24 bits per heavy atom. The van der Waals surface area contributed by atoms with Gasteiger partial charge in [-0.25, -0.2) is 0 Å². The van der Waals surface area contributed by atoms with Gasteiger partial charge in [0.15, 0.2) is 4.34 Å². The molecule has 0 aromatic carbocycles. The lowest BCUT2D eigenvalue weighted by atomic mass is 9.75. The summed E-state index contributed by atoms with van der Waals surface area (Å²) < 4.78 is 6.44. The van der Waals surface area contributed by atoms with Crippen molar-refractivity contribution < 1.29 is 9.53 Å². The van der Waals surface area contributed by atoms with Crippen LogP contribution >= 0.6 is 23.1 Å². The summed E-state index contributed by atoms with van der Waals surface area (Å²) in [5.41, 5.74) is 5.52. The molecule has 1 aliphatic carbocycles. The van der Waals surface area contributed by atoms with Crippen LogP contribution in [0.15, 0.2) is 4.34 Å². The smallest absolute Gasteiger partial charge is 0.316 e. The topological polar surface area (TPSA) is 78.1 Å². The van der Waals surface area contributed by atoms with Crippen molar-refractivity contribution in [1.82, 2.24) is 10.2 Å². The van der Waals surface area contributed by atoms with Crippen LogP contribution in [0.25, 0.3) is 0 Å². The van der Waals surface area contributed by atoms with Crippen LogP contribution in [-0.2, 0) is 9.53 Å². The van der Waals surface area contributed by atoms with Gasteiger partial charge in [0.2, 0.25) is 5.13 Å². The number of hydrogen-bond donors (Lipinski definition) is 1. The molecule has 118 valence electrons. The number of nitrogen functional groups attached to an aromatic ring is 1. The Kier molecular flexibility index (Phi) is 5.87. The molecule has 1 aliphatic rings. The van der Waals surface area contributed by atoms with E-state index in [2.05, 4.69) is 31.0 Å². The van der Waals surface area contributed by atoms with Gasteiger partial charge < -0.3 is 10.5 Å². The molecule has 1 fully saturated rings. The summed E-state index contributed by atoms with van der Waals surface area (Å²) >= 11 is 2.63. The number of carbonyl (C=O) groups is 1. The lowest BCUT2D eigenvalue weighted by Crippen LogP contribution is -2.36. The van der Waals surface area contributed by atoms with Gasteiger partial charge in [0.1, 0.15) is 6.10 Å². The minimum Gasteiger partial charge on any atom is -0.461 e. The summed E-state index contributed by atoms with van der Waals surface area (Å²) in [5, 5.41) is 8.04. The molecule has 2 rings (SSSR count). The molecule has 0 amide bonds. The molecule has 0 spiro atoms. The van der Waals surface area contributed by atoms with E-state index >= 15 is 0 Å². The van der Waals surface area contributed by atoms with Crippen LogP contribution in [0.4, 0.5) is 5.13 Å². The quantitative estimate of drug-likeness (QED) is 0.660. The molecule has 2 N–H and O–H groups in total. The van der Waals surface area contributed by atoms with Crippen LogP contribution in [0, 0.1) is 17.8 Å². The molecule has 0 bridgehead atoms.